The summed E-state index contributed by atoms with van der Waals surface area (Å²) in [5.41, 5.74) is 2.79. The van der Waals surface area contributed by atoms with E-state index in [9.17, 15) is 4.79 Å². The van der Waals surface area contributed by atoms with Crippen LogP contribution in [0.2, 0.25) is 5.02 Å². The molecule has 0 unspecified atom stereocenters. The summed E-state index contributed by atoms with van der Waals surface area (Å²) in [6.07, 6.45) is 1.48. The van der Waals surface area contributed by atoms with Crippen molar-refractivity contribution in [3.63, 3.8) is 0 Å². The predicted molar refractivity (Wildman–Crippen MR) is 118 cm³/mol. The maximum absolute atomic E-state index is 12.3. The number of benzene rings is 2. The Balaban J connectivity index is 1.54. The number of carbonyl (C=O) groups excluding carboxylic acids is 1. The van der Waals surface area contributed by atoms with E-state index < -0.39 is 0 Å². The van der Waals surface area contributed by atoms with Gasteiger partial charge in [0.1, 0.15) is 22.9 Å². The Bertz CT molecular complexity index is 983. The monoisotopic (exact) mass is 428 g/mol. The van der Waals surface area contributed by atoms with Gasteiger partial charge >= 0.3 is 0 Å². The molecular weight excluding hydrogens is 408 g/mol. The third-order valence-corrected chi connectivity index (χ3v) is 5.19. The molecule has 0 aliphatic carbocycles. The first-order valence-corrected chi connectivity index (χ1v) is 10.3. The first-order chi connectivity index (χ1) is 14.0. The number of hydrogen-bond donors (Lipinski definition) is 2. The van der Waals surface area contributed by atoms with E-state index in [2.05, 4.69) is 20.6 Å². The minimum absolute atomic E-state index is 0.131. The summed E-state index contributed by atoms with van der Waals surface area (Å²) < 4.78 is 5.29. The van der Waals surface area contributed by atoms with Crippen molar-refractivity contribution in [3.05, 3.63) is 71.0 Å². The van der Waals surface area contributed by atoms with Crippen molar-refractivity contribution >= 4 is 40.8 Å². The van der Waals surface area contributed by atoms with E-state index in [4.69, 9.17) is 16.3 Å². The Hall–Kier alpha value is -2.77. The highest BCUT2D eigenvalue weighted by molar-refractivity contribution is 7.99. The third-order valence-electron chi connectivity index (χ3n) is 4.01. The highest BCUT2D eigenvalue weighted by Gasteiger charge is 2.09. The van der Waals surface area contributed by atoms with Crippen molar-refractivity contribution < 1.29 is 9.53 Å². The van der Waals surface area contributed by atoms with E-state index in [0.29, 0.717) is 33.8 Å². The standard InChI is InChI=1S/C21H21ClN4O2S/c1-14-3-8-18(28-2)17(9-14)26-20(27)12-29-21-10-19(24-13-25-21)23-11-15-4-6-16(22)7-5-15/h3-10,13H,11-12H2,1-2H3,(H,26,27)(H,23,24,25). The van der Waals surface area contributed by atoms with Crippen molar-refractivity contribution in [2.45, 2.75) is 18.5 Å². The van der Waals surface area contributed by atoms with Crippen LogP contribution in [-0.4, -0.2) is 28.7 Å². The van der Waals surface area contributed by atoms with Crippen LogP contribution in [-0.2, 0) is 11.3 Å². The third kappa shape index (κ3) is 6.37. The fourth-order valence-corrected chi connectivity index (χ4v) is 3.35. The summed E-state index contributed by atoms with van der Waals surface area (Å²) in [7, 11) is 1.58. The molecule has 3 rings (SSSR count). The van der Waals surface area contributed by atoms with Crippen LogP contribution in [0.15, 0.2) is 59.9 Å². The van der Waals surface area contributed by atoms with E-state index in [0.717, 1.165) is 11.1 Å². The predicted octanol–water partition coefficient (Wildman–Crippen LogP) is 4.79. The maximum Gasteiger partial charge on any atom is 0.234 e. The number of rotatable bonds is 8. The van der Waals surface area contributed by atoms with Crippen LogP contribution >= 0.6 is 23.4 Å². The number of nitrogens with one attached hydrogen (secondary N) is 2. The van der Waals surface area contributed by atoms with Gasteiger partial charge in [-0.05, 0) is 42.3 Å². The van der Waals surface area contributed by atoms with Gasteiger partial charge in [-0.25, -0.2) is 9.97 Å². The van der Waals surface area contributed by atoms with Gasteiger partial charge in [-0.2, -0.15) is 0 Å². The summed E-state index contributed by atoms with van der Waals surface area (Å²) in [4.78, 5) is 20.8. The molecule has 0 saturated carbocycles. The molecule has 0 radical (unpaired) electrons. The SMILES string of the molecule is COc1ccc(C)cc1NC(=O)CSc1cc(NCc2ccc(Cl)cc2)ncn1. The highest BCUT2D eigenvalue weighted by Crippen LogP contribution is 2.26. The van der Waals surface area contributed by atoms with Gasteiger partial charge < -0.3 is 15.4 Å². The van der Waals surface area contributed by atoms with Gasteiger partial charge in [0.2, 0.25) is 5.91 Å². The second kappa shape index (κ2) is 10.1. The van der Waals surface area contributed by atoms with Crippen LogP contribution in [0.3, 0.4) is 0 Å². The molecule has 3 aromatic rings. The minimum atomic E-state index is -0.131. The van der Waals surface area contributed by atoms with E-state index in [1.807, 2.05) is 55.5 Å². The summed E-state index contributed by atoms with van der Waals surface area (Å²) in [6, 6.07) is 15.1. The zero-order valence-electron chi connectivity index (χ0n) is 16.1. The van der Waals surface area contributed by atoms with Crippen LogP contribution in [0, 0.1) is 6.92 Å². The molecule has 1 aromatic heterocycles. The number of anilines is 2. The van der Waals surface area contributed by atoms with Crippen molar-refractivity contribution in [2.24, 2.45) is 0 Å². The van der Waals surface area contributed by atoms with Gasteiger partial charge in [-0.3, -0.25) is 4.79 Å². The molecule has 1 amide bonds. The Morgan fingerprint density at radius 3 is 2.69 bits per heavy atom. The van der Waals surface area contributed by atoms with E-state index in [-0.39, 0.29) is 11.7 Å². The molecule has 0 bridgehead atoms. The molecule has 2 aromatic carbocycles. The van der Waals surface area contributed by atoms with E-state index in [1.165, 1.54) is 18.1 Å². The first kappa shape index (κ1) is 21.0. The lowest BCUT2D eigenvalue weighted by atomic mass is 10.2. The molecule has 0 saturated heterocycles. The number of aryl methyl sites for hydroxylation is 1. The smallest absolute Gasteiger partial charge is 0.234 e. The molecule has 0 spiro atoms. The van der Waals surface area contributed by atoms with E-state index in [1.54, 1.807) is 7.11 Å². The highest BCUT2D eigenvalue weighted by atomic mass is 35.5. The van der Waals surface area contributed by atoms with Gasteiger partial charge in [0.25, 0.3) is 0 Å². The van der Waals surface area contributed by atoms with Crippen molar-refractivity contribution in [3.8, 4) is 5.75 Å². The number of thioether (sulfide) groups is 1. The summed E-state index contributed by atoms with van der Waals surface area (Å²) >= 11 is 7.24. The van der Waals surface area contributed by atoms with Crippen LogP contribution < -0.4 is 15.4 Å². The summed E-state index contributed by atoms with van der Waals surface area (Å²) in [5, 5.41) is 7.55. The lowest BCUT2D eigenvalue weighted by Crippen LogP contribution is -2.15. The van der Waals surface area contributed by atoms with E-state index >= 15 is 0 Å². The van der Waals surface area contributed by atoms with Gasteiger partial charge in [0, 0.05) is 17.6 Å². The molecule has 0 atom stereocenters. The average molecular weight is 429 g/mol. The Labute approximate surface area is 179 Å². The Kier molecular flexibility index (Phi) is 7.32. The topological polar surface area (TPSA) is 76.1 Å². The van der Waals surface area contributed by atoms with Gasteiger partial charge in [-0.15, -0.1) is 0 Å². The van der Waals surface area contributed by atoms with Gasteiger partial charge in [-0.1, -0.05) is 41.6 Å². The number of methoxy groups -OCH3 is 1. The molecule has 0 aliphatic rings. The number of nitrogens with zero attached hydrogens (tertiary/aromatic N) is 2. The average Bonchev–Trinajstić information content (AvgIpc) is 2.72. The fraction of sp³-hybridized carbons (Fsp3) is 0.190. The number of aromatic nitrogens is 2. The summed E-state index contributed by atoms with van der Waals surface area (Å²) in [5.74, 6) is 1.42. The number of hydrogen-bond acceptors (Lipinski definition) is 6. The fourth-order valence-electron chi connectivity index (χ4n) is 2.56. The maximum atomic E-state index is 12.3. The zero-order chi connectivity index (χ0) is 20.6. The van der Waals surface area contributed by atoms with Crippen molar-refractivity contribution in [1.82, 2.24) is 9.97 Å². The molecule has 0 aliphatic heterocycles. The molecule has 2 N–H and O–H groups in total. The van der Waals surface area contributed by atoms with Crippen LogP contribution in [0.5, 0.6) is 5.75 Å². The molecule has 8 heteroatoms. The van der Waals surface area contributed by atoms with Crippen LogP contribution in [0.4, 0.5) is 11.5 Å². The molecule has 0 fully saturated rings. The van der Waals surface area contributed by atoms with Crippen molar-refractivity contribution in [2.75, 3.05) is 23.5 Å². The number of halogens is 1. The normalized spacial score (nSPS) is 10.4. The van der Waals surface area contributed by atoms with Crippen LogP contribution in [0.1, 0.15) is 11.1 Å². The lowest BCUT2D eigenvalue weighted by Gasteiger charge is -2.11. The van der Waals surface area contributed by atoms with Gasteiger partial charge in [0.05, 0.1) is 18.6 Å². The quantitative estimate of drug-likeness (QED) is 0.397. The Morgan fingerprint density at radius 2 is 1.93 bits per heavy atom. The molecule has 150 valence electrons. The molecule has 1 heterocycles. The number of amides is 1. The van der Waals surface area contributed by atoms with Crippen LogP contribution in [0.25, 0.3) is 0 Å². The second-order valence-corrected chi connectivity index (χ2v) is 7.69. The second-order valence-electron chi connectivity index (χ2n) is 6.26. The zero-order valence-corrected chi connectivity index (χ0v) is 17.7. The van der Waals surface area contributed by atoms with Gasteiger partial charge in [0.15, 0.2) is 0 Å². The molecular formula is C21H21ClN4O2S. The lowest BCUT2D eigenvalue weighted by molar-refractivity contribution is -0.113. The minimum Gasteiger partial charge on any atom is -0.495 e. The Morgan fingerprint density at radius 1 is 1.14 bits per heavy atom. The number of carbonyl (C=O) groups is 1. The number of ether oxygens (including phenoxy) is 1. The first-order valence-electron chi connectivity index (χ1n) is 8.91. The summed E-state index contributed by atoms with van der Waals surface area (Å²) in [6.45, 7) is 2.58. The van der Waals surface area contributed by atoms with Crippen molar-refractivity contribution in [1.29, 1.82) is 0 Å². The molecule has 6 nitrogen and oxygen atoms in total. The largest absolute Gasteiger partial charge is 0.495 e. The molecule has 29 heavy (non-hydrogen) atoms.